The maximum Gasteiger partial charge on any atom is 0.130 e. The van der Waals surface area contributed by atoms with E-state index >= 15 is 4.39 Å². The molecule has 0 bridgehead atoms. The number of benzene rings is 3. The second-order valence-electron chi connectivity index (χ2n) is 8.29. The fraction of sp³-hybridized carbons (Fsp3) is 0.321. The van der Waals surface area contributed by atoms with Crippen LogP contribution in [0.2, 0.25) is 0 Å². The van der Waals surface area contributed by atoms with Crippen molar-refractivity contribution in [2.75, 3.05) is 0 Å². The highest BCUT2D eigenvalue weighted by molar-refractivity contribution is 5.77. The van der Waals surface area contributed by atoms with Crippen LogP contribution in [0.5, 0.6) is 0 Å². The van der Waals surface area contributed by atoms with Crippen LogP contribution < -0.4 is 0 Å². The molecule has 1 aliphatic carbocycles. The van der Waals surface area contributed by atoms with E-state index in [1.165, 1.54) is 31.2 Å². The Morgan fingerprint density at radius 3 is 2.33 bits per heavy atom. The molecule has 2 heteroatoms. The summed E-state index contributed by atoms with van der Waals surface area (Å²) in [6.07, 6.45) is 8.47. The first kappa shape index (κ1) is 20.4. The Kier molecular flexibility index (Phi) is 6.29. The molecule has 0 saturated heterocycles. The molecular weight excluding hydrogens is 369 g/mol. The SMILES string of the molecule is CCCCCCCc1ccc2c(c1F)CCc1cc(-c3ccc(C#N)cc3)ccc1-2. The highest BCUT2D eigenvalue weighted by atomic mass is 19.1. The van der Waals surface area contributed by atoms with Gasteiger partial charge in [-0.3, -0.25) is 0 Å². The van der Waals surface area contributed by atoms with E-state index in [4.69, 9.17) is 5.26 Å². The number of hydrogen-bond acceptors (Lipinski definition) is 1. The average Bonchev–Trinajstić information content (AvgIpc) is 2.79. The first-order valence-electron chi connectivity index (χ1n) is 11.2. The van der Waals surface area contributed by atoms with Crippen molar-refractivity contribution in [2.24, 2.45) is 0 Å². The van der Waals surface area contributed by atoms with Crippen molar-refractivity contribution in [1.82, 2.24) is 0 Å². The zero-order valence-electron chi connectivity index (χ0n) is 17.7. The Morgan fingerprint density at radius 1 is 0.833 bits per heavy atom. The molecule has 0 spiro atoms. The fourth-order valence-electron chi connectivity index (χ4n) is 4.52. The number of unbranched alkanes of at least 4 members (excludes halogenated alkanes) is 4. The van der Waals surface area contributed by atoms with E-state index < -0.39 is 0 Å². The second-order valence-corrected chi connectivity index (χ2v) is 8.29. The van der Waals surface area contributed by atoms with Gasteiger partial charge in [-0.05, 0) is 76.8 Å². The molecule has 4 rings (SSSR count). The minimum Gasteiger partial charge on any atom is -0.206 e. The topological polar surface area (TPSA) is 23.8 Å². The van der Waals surface area contributed by atoms with Gasteiger partial charge >= 0.3 is 0 Å². The van der Waals surface area contributed by atoms with Crippen molar-refractivity contribution in [1.29, 1.82) is 5.26 Å². The largest absolute Gasteiger partial charge is 0.206 e. The van der Waals surface area contributed by atoms with Crippen LogP contribution in [-0.4, -0.2) is 0 Å². The minimum absolute atomic E-state index is 0.0183. The van der Waals surface area contributed by atoms with Crippen LogP contribution in [-0.2, 0) is 19.3 Å². The number of nitriles is 1. The summed E-state index contributed by atoms with van der Waals surface area (Å²) in [4.78, 5) is 0. The summed E-state index contributed by atoms with van der Waals surface area (Å²) >= 11 is 0. The lowest BCUT2D eigenvalue weighted by molar-refractivity contribution is 0.575. The van der Waals surface area contributed by atoms with Gasteiger partial charge in [-0.15, -0.1) is 0 Å². The molecular formula is C28H28FN. The van der Waals surface area contributed by atoms with Gasteiger partial charge in [0, 0.05) is 0 Å². The van der Waals surface area contributed by atoms with E-state index in [9.17, 15) is 0 Å². The lowest BCUT2D eigenvalue weighted by Crippen LogP contribution is -2.08. The summed E-state index contributed by atoms with van der Waals surface area (Å²) in [5.74, 6) is 0.0183. The molecule has 0 aromatic heterocycles. The Labute approximate surface area is 179 Å². The van der Waals surface area contributed by atoms with Crippen LogP contribution >= 0.6 is 0 Å². The monoisotopic (exact) mass is 397 g/mol. The quantitative estimate of drug-likeness (QED) is 0.376. The number of fused-ring (bicyclic) bond motifs is 3. The molecule has 0 N–H and O–H groups in total. The van der Waals surface area contributed by atoms with E-state index in [0.29, 0.717) is 5.56 Å². The first-order valence-corrected chi connectivity index (χ1v) is 11.2. The molecule has 0 radical (unpaired) electrons. The Bertz CT molecular complexity index is 1070. The maximum atomic E-state index is 15.2. The summed E-state index contributed by atoms with van der Waals surface area (Å²) in [7, 11) is 0. The van der Waals surface area contributed by atoms with Gasteiger partial charge < -0.3 is 0 Å². The molecule has 0 saturated carbocycles. The maximum absolute atomic E-state index is 15.2. The van der Waals surface area contributed by atoms with Gasteiger partial charge in [-0.25, -0.2) is 4.39 Å². The fourth-order valence-corrected chi connectivity index (χ4v) is 4.52. The normalized spacial score (nSPS) is 12.2. The standard InChI is InChI=1S/C28H28FN/c1-2-3-4-5-6-7-22-12-16-26-25-15-13-23(21-10-8-20(19-30)9-11-21)18-24(25)14-17-27(26)28(22)29/h8-13,15-16,18H,2-7,14,17H2,1H3. The summed E-state index contributed by atoms with van der Waals surface area (Å²) in [5.41, 5.74) is 8.16. The van der Waals surface area contributed by atoms with E-state index in [2.05, 4.69) is 37.3 Å². The Morgan fingerprint density at radius 2 is 1.57 bits per heavy atom. The number of halogens is 1. The molecule has 3 aromatic carbocycles. The van der Waals surface area contributed by atoms with Gasteiger partial charge in [-0.2, -0.15) is 5.26 Å². The van der Waals surface area contributed by atoms with E-state index in [-0.39, 0.29) is 5.82 Å². The zero-order valence-corrected chi connectivity index (χ0v) is 17.7. The van der Waals surface area contributed by atoms with Gasteiger partial charge in [0.25, 0.3) is 0 Å². The van der Waals surface area contributed by atoms with E-state index in [1.54, 1.807) is 0 Å². The third kappa shape index (κ3) is 4.17. The van der Waals surface area contributed by atoms with Gasteiger partial charge in [0.05, 0.1) is 11.6 Å². The van der Waals surface area contributed by atoms with Gasteiger partial charge in [-0.1, -0.05) is 75.1 Å². The van der Waals surface area contributed by atoms with Crippen molar-refractivity contribution >= 4 is 0 Å². The van der Waals surface area contributed by atoms with Crippen molar-refractivity contribution in [3.05, 3.63) is 82.7 Å². The summed E-state index contributed by atoms with van der Waals surface area (Å²) in [6.45, 7) is 2.22. The first-order chi connectivity index (χ1) is 14.7. The lowest BCUT2D eigenvalue weighted by atomic mass is 9.82. The molecule has 1 nitrogen and oxygen atoms in total. The number of nitrogens with zero attached hydrogens (tertiary/aromatic N) is 1. The highest BCUT2D eigenvalue weighted by Crippen LogP contribution is 2.38. The molecule has 3 aromatic rings. The molecule has 0 atom stereocenters. The molecule has 0 aliphatic heterocycles. The van der Waals surface area contributed by atoms with Crippen LogP contribution in [0.25, 0.3) is 22.3 Å². The van der Waals surface area contributed by atoms with Gasteiger partial charge in [0.15, 0.2) is 0 Å². The summed E-state index contributed by atoms with van der Waals surface area (Å²) in [5, 5.41) is 8.99. The third-order valence-electron chi connectivity index (χ3n) is 6.26. The molecule has 0 heterocycles. The zero-order chi connectivity index (χ0) is 20.9. The average molecular weight is 398 g/mol. The van der Waals surface area contributed by atoms with Crippen molar-refractivity contribution in [3.8, 4) is 28.3 Å². The predicted octanol–water partition coefficient (Wildman–Crippen LogP) is 7.64. The summed E-state index contributed by atoms with van der Waals surface area (Å²) < 4.78 is 15.2. The Hall–Kier alpha value is -2.92. The number of hydrogen-bond donors (Lipinski definition) is 0. The van der Waals surface area contributed by atoms with Crippen LogP contribution in [0, 0.1) is 17.1 Å². The summed E-state index contributed by atoms with van der Waals surface area (Å²) in [6, 6.07) is 20.4. The van der Waals surface area contributed by atoms with Crippen LogP contribution in [0.15, 0.2) is 54.6 Å². The van der Waals surface area contributed by atoms with Crippen molar-refractivity contribution in [3.63, 3.8) is 0 Å². The second kappa shape index (κ2) is 9.26. The van der Waals surface area contributed by atoms with E-state index in [0.717, 1.165) is 59.1 Å². The molecule has 152 valence electrons. The Balaban J connectivity index is 1.56. The minimum atomic E-state index is 0.0183. The third-order valence-corrected chi connectivity index (χ3v) is 6.26. The van der Waals surface area contributed by atoms with Crippen LogP contribution in [0.4, 0.5) is 4.39 Å². The van der Waals surface area contributed by atoms with Crippen LogP contribution in [0.3, 0.4) is 0 Å². The molecule has 0 fully saturated rings. The lowest BCUT2D eigenvalue weighted by Gasteiger charge is -2.22. The molecule has 0 unspecified atom stereocenters. The van der Waals surface area contributed by atoms with Gasteiger partial charge in [0.2, 0.25) is 0 Å². The van der Waals surface area contributed by atoms with E-state index in [1.807, 2.05) is 30.3 Å². The van der Waals surface area contributed by atoms with Crippen LogP contribution in [0.1, 0.15) is 61.3 Å². The van der Waals surface area contributed by atoms with Crippen molar-refractivity contribution < 1.29 is 4.39 Å². The highest BCUT2D eigenvalue weighted by Gasteiger charge is 2.21. The van der Waals surface area contributed by atoms with Gasteiger partial charge in [0.1, 0.15) is 5.82 Å². The molecule has 0 amide bonds. The van der Waals surface area contributed by atoms with Crippen molar-refractivity contribution in [2.45, 2.75) is 58.3 Å². The molecule has 30 heavy (non-hydrogen) atoms. The number of aryl methyl sites for hydroxylation is 2. The predicted molar refractivity (Wildman–Crippen MR) is 122 cm³/mol. The smallest absolute Gasteiger partial charge is 0.130 e. The number of rotatable bonds is 7. The molecule has 1 aliphatic rings.